The molecule has 1 aliphatic rings. The van der Waals surface area contributed by atoms with Crippen LogP contribution in [-0.4, -0.2) is 48.3 Å². The van der Waals surface area contributed by atoms with Crippen molar-refractivity contribution in [2.75, 3.05) is 26.7 Å². The van der Waals surface area contributed by atoms with Crippen LogP contribution >= 0.6 is 0 Å². The molecule has 1 saturated heterocycles. The van der Waals surface area contributed by atoms with E-state index in [9.17, 15) is 9.59 Å². The van der Waals surface area contributed by atoms with E-state index in [4.69, 9.17) is 5.73 Å². The molecule has 0 aromatic heterocycles. The van der Waals surface area contributed by atoms with Crippen LogP contribution in [0.2, 0.25) is 0 Å². The first-order valence-corrected chi connectivity index (χ1v) is 7.84. The molecule has 0 spiro atoms. The predicted octanol–water partition coefficient (Wildman–Crippen LogP) is 1.40. The molecule has 1 heterocycles. The molecule has 2 rings (SSSR count). The molecule has 22 heavy (non-hydrogen) atoms. The highest BCUT2D eigenvalue weighted by atomic mass is 16.2. The first kappa shape index (κ1) is 16.5. The molecule has 5 nitrogen and oxygen atoms in total. The maximum atomic E-state index is 12.5. The molecule has 1 aliphatic heterocycles. The summed E-state index contributed by atoms with van der Waals surface area (Å²) in [4.78, 5) is 27.6. The zero-order chi connectivity index (χ0) is 16.1. The van der Waals surface area contributed by atoms with Crippen LogP contribution in [0.25, 0.3) is 0 Å². The Kier molecular flexibility index (Phi) is 5.55. The Morgan fingerprint density at radius 1 is 1.36 bits per heavy atom. The fraction of sp³-hybridized carbons (Fsp3) is 0.529. The third-order valence-electron chi connectivity index (χ3n) is 4.37. The van der Waals surface area contributed by atoms with Gasteiger partial charge < -0.3 is 15.5 Å². The van der Waals surface area contributed by atoms with Gasteiger partial charge in [-0.05, 0) is 12.0 Å². The van der Waals surface area contributed by atoms with Crippen LogP contribution in [0.3, 0.4) is 0 Å². The van der Waals surface area contributed by atoms with Gasteiger partial charge in [0.1, 0.15) is 0 Å². The summed E-state index contributed by atoms with van der Waals surface area (Å²) in [5.41, 5.74) is 7.17. The quantitative estimate of drug-likeness (QED) is 0.864. The topological polar surface area (TPSA) is 66.6 Å². The molecule has 5 heteroatoms. The number of nitrogens with zero attached hydrogens (tertiary/aromatic N) is 2. The van der Waals surface area contributed by atoms with Crippen LogP contribution in [0.15, 0.2) is 30.3 Å². The first-order chi connectivity index (χ1) is 10.5. The van der Waals surface area contributed by atoms with Gasteiger partial charge in [-0.3, -0.25) is 9.59 Å². The summed E-state index contributed by atoms with van der Waals surface area (Å²) in [5, 5.41) is 0. The van der Waals surface area contributed by atoms with Crippen LogP contribution in [0.1, 0.15) is 31.4 Å². The number of likely N-dealkylation sites (N-methyl/N-ethyl adjacent to an activating group) is 1. The molecule has 0 unspecified atom stereocenters. The predicted molar refractivity (Wildman–Crippen MR) is 86.0 cm³/mol. The van der Waals surface area contributed by atoms with E-state index in [1.165, 1.54) is 0 Å². The van der Waals surface area contributed by atoms with Crippen molar-refractivity contribution in [3.63, 3.8) is 0 Å². The highest BCUT2D eigenvalue weighted by Gasteiger charge is 2.26. The van der Waals surface area contributed by atoms with Crippen molar-refractivity contribution in [1.29, 1.82) is 0 Å². The maximum Gasteiger partial charge on any atom is 0.227 e. The lowest BCUT2D eigenvalue weighted by Crippen LogP contribution is -2.41. The minimum absolute atomic E-state index is 0.0167. The number of amides is 2. The molecular weight excluding hydrogens is 278 g/mol. The summed E-state index contributed by atoms with van der Waals surface area (Å²) < 4.78 is 0. The summed E-state index contributed by atoms with van der Waals surface area (Å²) in [7, 11) is 1.77. The van der Waals surface area contributed by atoms with Gasteiger partial charge in [-0.25, -0.2) is 0 Å². The Labute approximate surface area is 132 Å². The van der Waals surface area contributed by atoms with E-state index in [-0.39, 0.29) is 23.8 Å². The monoisotopic (exact) mass is 303 g/mol. The van der Waals surface area contributed by atoms with Crippen molar-refractivity contribution >= 4 is 11.8 Å². The van der Waals surface area contributed by atoms with E-state index < -0.39 is 0 Å². The molecule has 2 N–H and O–H groups in total. The molecule has 2 amide bonds. The Morgan fingerprint density at radius 2 is 2.05 bits per heavy atom. The molecule has 0 bridgehead atoms. The van der Waals surface area contributed by atoms with Crippen LogP contribution in [-0.2, 0) is 9.59 Å². The average Bonchev–Trinajstić information content (AvgIpc) is 2.96. The van der Waals surface area contributed by atoms with Crippen molar-refractivity contribution < 1.29 is 9.59 Å². The number of carbonyl (C=O) groups is 2. The van der Waals surface area contributed by atoms with E-state index >= 15 is 0 Å². The van der Waals surface area contributed by atoms with E-state index in [2.05, 4.69) is 0 Å². The molecule has 0 aliphatic carbocycles. The summed E-state index contributed by atoms with van der Waals surface area (Å²) >= 11 is 0. The van der Waals surface area contributed by atoms with Crippen LogP contribution < -0.4 is 5.73 Å². The average molecular weight is 303 g/mol. The summed E-state index contributed by atoms with van der Waals surface area (Å²) in [5.74, 6) is -0.0837. The third kappa shape index (κ3) is 3.85. The summed E-state index contributed by atoms with van der Waals surface area (Å²) in [6, 6.07) is 9.35. The number of hydrogen-bond acceptors (Lipinski definition) is 3. The molecule has 0 radical (unpaired) electrons. The lowest BCUT2D eigenvalue weighted by atomic mass is 9.94. The molecule has 2 atom stereocenters. The minimum Gasteiger partial charge on any atom is -0.344 e. The molecule has 1 aromatic rings. The molecule has 0 saturated carbocycles. The van der Waals surface area contributed by atoms with Crippen molar-refractivity contribution in [1.82, 2.24) is 9.80 Å². The van der Waals surface area contributed by atoms with Crippen molar-refractivity contribution in [2.24, 2.45) is 11.7 Å². The van der Waals surface area contributed by atoms with Gasteiger partial charge >= 0.3 is 0 Å². The molecule has 1 fully saturated rings. The Bertz CT molecular complexity index is 518. The van der Waals surface area contributed by atoms with E-state index in [0.717, 1.165) is 18.5 Å². The summed E-state index contributed by atoms with van der Waals surface area (Å²) in [6.45, 7) is 3.82. The van der Waals surface area contributed by atoms with E-state index in [1.807, 2.05) is 42.2 Å². The summed E-state index contributed by atoms with van der Waals surface area (Å²) in [6.07, 6.45) is 1.55. The van der Waals surface area contributed by atoms with Crippen molar-refractivity contribution in [3.8, 4) is 0 Å². The fourth-order valence-corrected chi connectivity index (χ4v) is 2.79. The largest absolute Gasteiger partial charge is 0.344 e. The van der Waals surface area contributed by atoms with Crippen LogP contribution in [0.4, 0.5) is 0 Å². The number of likely N-dealkylation sites (tertiary alicyclic amines) is 1. The van der Waals surface area contributed by atoms with Gasteiger partial charge in [-0.15, -0.1) is 0 Å². The molecule has 120 valence electrons. The van der Waals surface area contributed by atoms with Gasteiger partial charge in [0.25, 0.3) is 0 Å². The second kappa shape index (κ2) is 7.40. The number of benzene rings is 1. The number of nitrogens with two attached hydrogens (primary N) is 1. The van der Waals surface area contributed by atoms with Crippen LogP contribution in [0.5, 0.6) is 0 Å². The Balaban J connectivity index is 1.88. The second-order valence-electron chi connectivity index (χ2n) is 5.97. The third-order valence-corrected chi connectivity index (χ3v) is 4.37. The maximum absolute atomic E-state index is 12.5. The van der Waals surface area contributed by atoms with Gasteiger partial charge in [-0.2, -0.15) is 0 Å². The van der Waals surface area contributed by atoms with E-state index in [0.29, 0.717) is 19.5 Å². The standard InChI is InChI=1S/C17H25N3O2/c1-13(16(18)14-7-4-3-5-8-14)17(22)19(2)11-12-20-10-6-9-15(20)21/h3-5,7-8,13,16H,6,9-12,18H2,1-2H3/t13-,16+/m1/s1. The van der Waals surface area contributed by atoms with Crippen LogP contribution in [0, 0.1) is 5.92 Å². The Hall–Kier alpha value is -1.88. The fourth-order valence-electron chi connectivity index (χ4n) is 2.79. The lowest BCUT2D eigenvalue weighted by Gasteiger charge is -2.27. The SMILES string of the molecule is C[C@@H](C(=O)N(C)CCN1CCCC1=O)[C@H](N)c1ccccc1. The number of carbonyl (C=O) groups excluding carboxylic acids is 2. The number of hydrogen-bond donors (Lipinski definition) is 1. The lowest BCUT2D eigenvalue weighted by molar-refractivity contribution is -0.136. The van der Waals surface area contributed by atoms with Crippen molar-refractivity contribution in [2.45, 2.75) is 25.8 Å². The smallest absolute Gasteiger partial charge is 0.227 e. The highest BCUT2D eigenvalue weighted by Crippen LogP contribution is 2.20. The Morgan fingerprint density at radius 3 is 2.64 bits per heavy atom. The zero-order valence-electron chi connectivity index (χ0n) is 13.4. The second-order valence-corrected chi connectivity index (χ2v) is 5.97. The minimum atomic E-state index is -0.315. The van der Waals surface area contributed by atoms with Gasteiger partial charge in [0.15, 0.2) is 0 Å². The number of rotatable bonds is 6. The van der Waals surface area contributed by atoms with Gasteiger partial charge in [0, 0.05) is 39.1 Å². The molecular formula is C17H25N3O2. The van der Waals surface area contributed by atoms with E-state index in [1.54, 1.807) is 11.9 Å². The zero-order valence-corrected chi connectivity index (χ0v) is 13.4. The highest BCUT2D eigenvalue weighted by molar-refractivity contribution is 5.80. The normalized spacial score (nSPS) is 17.4. The van der Waals surface area contributed by atoms with Crippen molar-refractivity contribution in [3.05, 3.63) is 35.9 Å². The van der Waals surface area contributed by atoms with Gasteiger partial charge in [-0.1, -0.05) is 37.3 Å². The van der Waals surface area contributed by atoms with Gasteiger partial charge in [0.2, 0.25) is 11.8 Å². The molecule has 1 aromatic carbocycles. The van der Waals surface area contributed by atoms with Gasteiger partial charge in [0.05, 0.1) is 5.92 Å². The first-order valence-electron chi connectivity index (χ1n) is 7.84.